The minimum Gasteiger partial charge on any atom is -0.497 e. The van der Waals surface area contributed by atoms with Gasteiger partial charge in [0.2, 0.25) is 0 Å². The van der Waals surface area contributed by atoms with Crippen molar-refractivity contribution >= 4 is 0 Å². The zero-order valence-corrected chi connectivity index (χ0v) is 10.4. The summed E-state index contributed by atoms with van der Waals surface area (Å²) in [5.41, 5.74) is 2.98. The molecular formula is C15H20O. The van der Waals surface area contributed by atoms with Crippen LogP contribution in [0.2, 0.25) is 0 Å². The molecule has 2 unspecified atom stereocenters. The Labute approximate surface area is 98.1 Å². The van der Waals surface area contributed by atoms with Gasteiger partial charge >= 0.3 is 0 Å². The van der Waals surface area contributed by atoms with E-state index in [4.69, 9.17) is 4.74 Å². The van der Waals surface area contributed by atoms with Gasteiger partial charge in [0.05, 0.1) is 7.11 Å². The summed E-state index contributed by atoms with van der Waals surface area (Å²) in [4.78, 5) is 0. The molecule has 2 atom stereocenters. The Morgan fingerprint density at radius 1 is 1.19 bits per heavy atom. The number of methoxy groups -OCH3 is 1. The third-order valence-electron chi connectivity index (χ3n) is 3.60. The zero-order chi connectivity index (χ0) is 11.5. The lowest BCUT2D eigenvalue weighted by Gasteiger charge is -2.28. The largest absolute Gasteiger partial charge is 0.497 e. The highest BCUT2D eigenvalue weighted by atomic mass is 16.5. The molecule has 0 bridgehead atoms. The fourth-order valence-corrected chi connectivity index (χ4v) is 2.61. The molecule has 0 saturated carbocycles. The fourth-order valence-electron chi connectivity index (χ4n) is 2.61. The van der Waals surface area contributed by atoms with E-state index in [9.17, 15) is 0 Å². The number of rotatable bonds is 2. The first-order valence-electron chi connectivity index (χ1n) is 6.00. The summed E-state index contributed by atoms with van der Waals surface area (Å²) < 4.78 is 5.19. The molecule has 0 saturated heterocycles. The van der Waals surface area contributed by atoms with Gasteiger partial charge in [0.15, 0.2) is 0 Å². The summed E-state index contributed by atoms with van der Waals surface area (Å²) in [6.07, 6.45) is 4.80. The van der Waals surface area contributed by atoms with E-state index in [1.54, 1.807) is 7.11 Å². The molecule has 1 aliphatic carbocycles. The lowest BCUT2D eigenvalue weighted by molar-refractivity contribution is 0.412. The highest BCUT2D eigenvalue weighted by Crippen LogP contribution is 2.37. The molecule has 0 spiro atoms. The standard InChI is InChI=1S/C15H20O/c1-11-4-9-15(12(2)10-11)13-5-7-14(16-3)8-6-13/h4-8,12,15H,9-10H2,1-3H3. The van der Waals surface area contributed by atoms with Crippen molar-refractivity contribution in [1.29, 1.82) is 0 Å². The third-order valence-corrected chi connectivity index (χ3v) is 3.60. The highest BCUT2D eigenvalue weighted by Gasteiger charge is 2.22. The number of allylic oxidation sites excluding steroid dienone is 2. The van der Waals surface area contributed by atoms with Crippen LogP contribution in [0.4, 0.5) is 0 Å². The predicted octanol–water partition coefficient (Wildman–Crippen LogP) is 4.16. The molecule has 0 heterocycles. The normalized spacial score (nSPS) is 25.1. The van der Waals surface area contributed by atoms with Crippen LogP contribution in [0.1, 0.15) is 38.2 Å². The van der Waals surface area contributed by atoms with Crippen LogP contribution in [0.3, 0.4) is 0 Å². The third kappa shape index (κ3) is 2.29. The second kappa shape index (κ2) is 4.73. The number of benzene rings is 1. The predicted molar refractivity (Wildman–Crippen MR) is 67.9 cm³/mol. The molecule has 86 valence electrons. The summed E-state index contributed by atoms with van der Waals surface area (Å²) in [7, 11) is 1.71. The van der Waals surface area contributed by atoms with E-state index in [1.165, 1.54) is 24.0 Å². The van der Waals surface area contributed by atoms with Crippen LogP contribution in [0.15, 0.2) is 35.9 Å². The average molecular weight is 216 g/mol. The first kappa shape index (κ1) is 11.3. The van der Waals surface area contributed by atoms with Gasteiger partial charge in [-0.2, -0.15) is 0 Å². The highest BCUT2D eigenvalue weighted by molar-refractivity contribution is 5.31. The second-order valence-electron chi connectivity index (χ2n) is 4.85. The van der Waals surface area contributed by atoms with Crippen molar-refractivity contribution in [1.82, 2.24) is 0 Å². The van der Waals surface area contributed by atoms with Gasteiger partial charge in [-0.05, 0) is 49.3 Å². The maximum absolute atomic E-state index is 5.19. The molecule has 1 aromatic rings. The molecule has 1 aromatic carbocycles. The Morgan fingerprint density at radius 3 is 2.44 bits per heavy atom. The summed E-state index contributed by atoms with van der Waals surface area (Å²) in [6, 6.07) is 8.53. The smallest absolute Gasteiger partial charge is 0.118 e. The van der Waals surface area contributed by atoms with Gasteiger partial charge in [-0.3, -0.25) is 0 Å². The van der Waals surface area contributed by atoms with Crippen LogP contribution in [-0.4, -0.2) is 7.11 Å². The quantitative estimate of drug-likeness (QED) is 0.675. The van der Waals surface area contributed by atoms with Crippen LogP contribution in [0.25, 0.3) is 0 Å². The summed E-state index contributed by atoms with van der Waals surface area (Å²) in [5.74, 6) is 2.37. The Kier molecular flexibility index (Phi) is 3.33. The molecule has 0 radical (unpaired) electrons. The van der Waals surface area contributed by atoms with Gasteiger partial charge in [0.1, 0.15) is 5.75 Å². The van der Waals surface area contributed by atoms with Gasteiger partial charge in [-0.25, -0.2) is 0 Å². The Bertz CT molecular complexity index is 375. The van der Waals surface area contributed by atoms with E-state index in [0.29, 0.717) is 5.92 Å². The summed E-state index contributed by atoms with van der Waals surface area (Å²) >= 11 is 0. The molecule has 1 heteroatoms. The topological polar surface area (TPSA) is 9.23 Å². The number of hydrogen-bond acceptors (Lipinski definition) is 1. The minimum absolute atomic E-state index is 0.676. The van der Waals surface area contributed by atoms with Crippen LogP contribution < -0.4 is 4.74 Å². The molecule has 0 aliphatic heterocycles. The van der Waals surface area contributed by atoms with Crippen molar-refractivity contribution in [3.05, 3.63) is 41.5 Å². The molecule has 0 N–H and O–H groups in total. The molecule has 0 aromatic heterocycles. The fraction of sp³-hybridized carbons (Fsp3) is 0.467. The van der Waals surface area contributed by atoms with Gasteiger partial charge in [-0.15, -0.1) is 0 Å². The Morgan fingerprint density at radius 2 is 1.88 bits per heavy atom. The van der Waals surface area contributed by atoms with Crippen molar-refractivity contribution in [3.8, 4) is 5.75 Å². The molecule has 0 fully saturated rings. The molecule has 1 nitrogen and oxygen atoms in total. The number of hydrogen-bond donors (Lipinski definition) is 0. The van der Waals surface area contributed by atoms with E-state index in [1.807, 2.05) is 0 Å². The van der Waals surface area contributed by atoms with Crippen LogP contribution in [0, 0.1) is 5.92 Å². The lowest BCUT2D eigenvalue weighted by atomic mass is 9.77. The SMILES string of the molecule is COc1ccc(C2CC=C(C)CC2C)cc1. The van der Waals surface area contributed by atoms with E-state index in [2.05, 4.69) is 44.2 Å². The van der Waals surface area contributed by atoms with Crippen molar-refractivity contribution in [2.45, 2.75) is 32.6 Å². The van der Waals surface area contributed by atoms with Crippen LogP contribution in [-0.2, 0) is 0 Å². The molecular weight excluding hydrogens is 196 g/mol. The Hall–Kier alpha value is -1.24. The van der Waals surface area contributed by atoms with Crippen molar-refractivity contribution in [3.63, 3.8) is 0 Å². The zero-order valence-electron chi connectivity index (χ0n) is 10.4. The molecule has 16 heavy (non-hydrogen) atoms. The molecule has 0 amide bonds. The van der Waals surface area contributed by atoms with E-state index < -0.39 is 0 Å². The van der Waals surface area contributed by atoms with E-state index in [0.717, 1.165) is 11.7 Å². The van der Waals surface area contributed by atoms with Crippen LogP contribution in [0.5, 0.6) is 5.75 Å². The second-order valence-corrected chi connectivity index (χ2v) is 4.85. The van der Waals surface area contributed by atoms with Crippen molar-refractivity contribution < 1.29 is 4.74 Å². The Balaban J connectivity index is 2.17. The van der Waals surface area contributed by atoms with Gasteiger partial charge in [0.25, 0.3) is 0 Å². The van der Waals surface area contributed by atoms with Gasteiger partial charge < -0.3 is 4.74 Å². The van der Waals surface area contributed by atoms with Gasteiger partial charge in [0, 0.05) is 0 Å². The van der Waals surface area contributed by atoms with Crippen LogP contribution >= 0.6 is 0 Å². The average Bonchev–Trinajstić information content (AvgIpc) is 2.29. The lowest BCUT2D eigenvalue weighted by Crippen LogP contribution is -2.13. The molecule has 1 aliphatic rings. The summed E-state index contributed by atoms with van der Waals surface area (Å²) in [5, 5.41) is 0. The summed E-state index contributed by atoms with van der Waals surface area (Å²) in [6.45, 7) is 4.59. The van der Waals surface area contributed by atoms with Crippen molar-refractivity contribution in [2.24, 2.45) is 5.92 Å². The van der Waals surface area contributed by atoms with E-state index in [-0.39, 0.29) is 0 Å². The monoisotopic (exact) mass is 216 g/mol. The maximum atomic E-state index is 5.19. The maximum Gasteiger partial charge on any atom is 0.118 e. The first-order chi connectivity index (χ1) is 7.70. The number of ether oxygens (including phenoxy) is 1. The molecule has 2 rings (SSSR count). The first-order valence-corrected chi connectivity index (χ1v) is 6.00. The minimum atomic E-state index is 0.676. The van der Waals surface area contributed by atoms with Gasteiger partial charge in [-0.1, -0.05) is 30.7 Å². The van der Waals surface area contributed by atoms with E-state index >= 15 is 0 Å². The van der Waals surface area contributed by atoms with Crippen molar-refractivity contribution in [2.75, 3.05) is 7.11 Å².